The van der Waals surface area contributed by atoms with Gasteiger partial charge in [-0.3, -0.25) is 0 Å². The van der Waals surface area contributed by atoms with Crippen molar-refractivity contribution in [2.24, 2.45) is 5.92 Å². The summed E-state index contributed by atoms with van der Waals surface area (Å²) in [6, 6.07) is 30.9. The summed E-state index contributed by atoms with van der Waals surface area (Å²) in [6.07, 6.45) is -0.308. The normalized spacial score (nSPS) is 23.4. The first kappa shape index (κ1) is 23.7. The molecule has 0 aromatic heterocycles. The molecule has 0 amide bonds. The molecule has 3 aromatic rings. The van der Waals surface area contributed by atoms with Crippen LogP contribution < -0.4 is 0 Å². The second kappa shape index (κ2) is 9.40. The minimum absolute atomic E-state index is 0.0148. The van der Waals surface area contributed by atoms with E-state index < -0.39 is 17.0 Å². The number of ether oxygens (including phenoxy) is 3. The monoisotopic (exact) mass is 446 g/mol. The lowest BCUT2D eigenvalue weighted by atomic mass is 9.79. The minimum Gasteiger partial charge on any atom is -0.396 e. The highest BCUT2D eigenvalue weighted by molar-refractivity contribution is 5.47. The Kier molecular flexibility index (Phi) is 6.73. The average molecular weight is 447 g/mol. The number of hydrogen-bond donors (Lipinski definition) is 1. The van der Waals surface area contributed by atoms with Gasteiger partial charge in [-0.1, -0.05) is 97.9 Å². The fourth-order valence-electron chi connectivity index (χ4n) is 5.02. The third-order valence-corrected chi connectivity index (χ3v) is 6.41. The summed E-state index contributed by atoms with van der Waals surface area (Å²) >= 11 is 0. The van der Waals surface area contributed by atoms with Gasteiger partial charge in [0.25, 0.3) is 0 Å². The number of benzene rings is 3. The Morgan fingerprint density at radius 1 is 0.818 bits per heavy atom. The fraction of sp³-hybridized carbons (Fsp3) is 0.379. The van der Waals surface area contributed by atoms with Gasteiger partial charge in [0.2, 0.25) is 0 Å². The van der Waals surface area contributed by atoms with Crippen molar-refractivity contribution < 1.29 is 19.3 Å². The minimum atomic E-state index is -0.837. The quantitative estimate of drug-likeness (QED) is 0.462. The van der Waals surface area contributed by atoms with Crippen molar-refractivity contribution >= 4 is 0 Å². The molecule has 0 radical (unpaired) electrons. The van der Waals surface area contributed by atoms with Crippen LogP contribution in [0.5, 0.6) is 0 Å². The van der Waals surface area contributed by atoms with Crippen molar-refractivity contribution in [3.63, 3.8) is 0 Å². The van der Waals surface area contributed by atoms with Crippen LogP contribution in [0, 0.1) is 5.92 Å². The molecular weight excluding hydrogens is 412 g/mol. The average Bonchev–Trinajstić information content (AvgIpc) is 3.10. The second-order valence-electron chi connectivity index (χ2n) is 9.58. The molecule has 4 heteroatoms. The third kappa shape index (κ3) is 4.62. The molecule has 174 valence electrons. The van der Waals surface area contributed by atoms with Crippen molar-refractivity contribution in [1.82, 2.24) is 0 Å². The van der Waals surface area contributed by atoms with E-state index in [1.165, 1.54) is 0 Å². The zero-order chi connectivity index (χ0) is 23.5. The van der Waals surface area contributed by atoms with Crippen LogP contribution in [-0.4, -0.2) is 35.8 Å². The molecule has 1 N–H and O–H groups in total. The van der Waals surface area contributed by atoms with Gasteiger partial charge in [0.15, 0.2) is 5.79 Å². The lowest BCUT2D eigenvalue weighted by molar-refractivity contribution is -0.177. The maximum Gasteiger partial charge on any atom is 0.164 e. The zero-order valence-electron chi connectivity index (χ0n) is 19.9. The highest BCUT2D eigenvalue weighted by Crippen LogP contribution is 2.45. The summed E-state index contributed by atoms with van der Waals surface area (Å²) in [7, 11) is 0. The van der Waals surface area contributed by atoms with Crippen LogP contribution in [0.25, 0.3) is 0 Å². The van der Waals surface area contributed by atoms with Crippen LogP contribution in [0.2, 0.25) is 0 Å². The Morgan fingerprint density at radius 3 is 1.64 bits per heavy atom. The van der Waals surface area contributed by atoms with Gasteiger partial charge in [-0.05, 0) is 37.5 Å². The molecule has 1 saturated heterocycles. The maximum absolute atomic E-state index is 9.88. The van der Waals surface area contributed by atoms with E-state index in [1.807, 2.05) is 82.3 Å². The van der Waals surface area contributed by atoms with Crippen molar-refractivity contribution in [1.29, 1.82) is 0 Å². The third-order valence-electron chi connectivity index (χ3n) is 6.41. The molecule has 1 heterocycles. The molecule has 0 bridgehead atoms. The summed E-state index contributed by atoms with van der Waals surface area (Å²) in [5, 5.41) is 9.88. The summed E-state index contributed by atoms with van der Waals surface area (Å²) in [6.45, 7) is 8.12. The van der Waals surface area contributed by atoms with E-state index in [0.29, 0.717) is 0 Å². The molecule has 4 rings (SSSR count). The zero-order valence-corrected chi connectivity index (χ0v) is 19.9. The number of hydrogen-bond acceptors (Lipinski definition) is 4. The summed E-state index contributed by atoms with van der Waals surface area (Å²) in [4.78, 5) is 0. The Hall–Kier alpha value is -2.50. The van der Waals surface area contributed by atoms with E-state index in [4.69, 9.17) is 14.2 Å². The topological polar surface area (TPSA) is 47.9 Å². The van der Waals surface area contributed by atoms with Gasteiger partial charge >= 0.3 is 0 Å². The standard InChI is InChI=1S/C29H34O4/c1-22(20-30)26-28(4,33-27(2,3)32-26)21-31-29(23-14-8-5-9-15-23,24-16-10-6-11-17-24)25-18-12-7-13-19-25/h5-19,22,26,30H,20-21H2,1-4H3. The van der Waals surface area contributed by atoms with Crippen molar-refractivity contribution in [2.45, 2.75) is 50.8 Å². The molecule has 3 aromatic carbocycles. The van der Waals surface area contributed by atoms with E-state index in [0.717, 1.165) is 16.7 Å². The fourth-order valence-corrected chi connectivity index (χ4v) is 5.02. The number of aliphatic hydroxyl groups is 1. The van der Waals surface area contributed by atoms with Crippen LogP contribution in [0.1, 0.15) is 44.4 Å². The second-order valence-corrected chi connectivity index (χ2v) is 9.58. The largest absolute Gasteiger partial charge is 0.396 e. The van der Waals surface area contributed by atoms with Gasteiger partial charge in [-0.2, -0.15) is 0 Å². The van der Waals surface area contributed by atoms with E-state index in [-0.39, 0.29) is 25.2 Å². The van der Waals surface area contributed by atoms with Gasteiger partial charge in [0.05, 0.1) is 12.7 Å². The van der Waals surface area contributed by atoms with Gasteiger partial charge in [-0.25, -0.2) is 0 Å². The van der Waals surface area contributed by atoms with Gasteiger partial charge in [0.1, 0.15) is 11.2 Å². The first-order chi connectivity index (χ1) is 15.8. The number of aliphatic hydroxyl groups excluding tert-OH is 1. The van der Waals surface area contributed by atoms with Crippen molar-refractivity contribution in [2.75, 3.05) is 13.2 Å². The molecule has 0 saturated carbocycles. The van der Waals surface area contributed by atoms with E-state index in [2.05, 4.69) is 36.4 Å². The van der Waals surface area contributed by atoms with Crippen molar-refractivity contribution in [3.05, 3.63) is 108 Å². The van der Waals surface area contributed by atoms with Crippen LogP contribution in [0.3, 0.4) is 0 Å². The maximum atomic E-state index is 9.88. The molecule has 3 unspecified atom stereocenters. The Labute approximate surface area is 197 Å². The molecule has 0 aliphatic carbocycles. The van der Waals surface area contributed by atoms with Gasteiger partial charge in [0, 0.05) is 12.5 Å². The summed E-state index contributed by atoms with van der Waals surface area (Å²) < 4.78 is 19.7. The molecule has 33 heavy (non-hydrogen) atoms. The smallest absolute Gasteiger partial charge is 0.164 e. The van der Waals surface area contributed by atoms with Crippen molar-refractivity contribution in [3.8, 4) is 0 Å². The summed E-state index contributed by atoms with van der Waals surface area (Å²) in [5.41, 5.74) is 1.54. The van der Waals surface area contributed by atoms with Crippen LogP contribution in [-0.2, 0) is 19.8 Å². The highest BCUT2D eigenvalue weighted by atomic mass is 16.8. The predicted molar refractivity (Wildman–Crippen MR) is 130 cm³/mol. The number of rotatable bonds is 8. The molecule has 0 spiro atoms. The lowest BCUT2D eigenvalue weighted by Crippen LogP contribution is -2.48. The molecule has 1 aliphatic rings. The molecule has 3 atom stereocenters. The Bertz CT molecular complexity index is 923. The Morgan fingerprint density at radius 2 is 1.24 bits per heavy atom. The highest BCUT2D eigenvalue weighted by Gasteiger charge is 2.53. The van der Waals surface area contributed by atoms with E-state index in [1.54, 1.807) is 0 Å². The molecule has 4 nitrogen and oxygen atoms in total. The summed E-state index contributed by atoms with van der Waals surface area (Å²) in [5.74, 6) is -0.860. The van der Waals surface area contributed by atoms with Gasteiger partial charge < -0.3 is 19.3 Å². The van der Waals surface area contributed by atoms with Gasteiger partial charge in [-0.15, -0.1) is 0 Å². The molecular formula is C29H34O4. The first-order valence-corrected chi connectivity index (χ1v) is 11.6. The predicted octanol–water partition coefficient (Wildman–Crippen LogP) is 5.53. The SMILES string of the molecule is CC(CO)C1OC(C)(C)OC1(C)COC(c1ccccc1)(c1ccccc1)c1ccccc1. The van der Waals surface area contributed by atoms with Crippen LogP contribution in [0.15, 0.2) is 91.0 Å². The van der Waals surface area contributed by atoms with Crippen LogP contribution in [0.4, 0.5) is 0 Å². The van der Waals surface area contributed by atoms with E-state index >= 15 is 0 Å². The Balaban J connectivity index is 1.83. The lowest BCUT2D eigenvalue weighted by Gasteiger charge is -2.40. The molecule has 1 aliphatic heterocycles. The first-order valence-electron chi connectivity index (χ1n) is 11.6. The van der Waals surface area contributed by atoms with Crippen LogP contribution >= 0.6 is 0 Å². The van der Waals surface area contributed by atoms with E-state index in [9.17, 15) is 5.11 Å². The molecule has 1 fully saturated rings.